The van der Waals surface area contributed by atoms with Crippen LogP contribution in [0.4, 0.5) is 0 Å². The third-order valence-corrected chi connectivity index (χ3v) is 9.45. The Kier molecular flexibility index (Phi) is 11.5. The molecule has 2 aliphatic rings. The van der Waals surface area contributed by atoms with E-state index in [0.29, 0.717) is 29.8 Å². The van der Waals surface area contributed by atoms with Gasteiger partial charge in [-0.1, -0.05) is 62.4 Å². The van der Waals surface area contributed by atoms with Crippen LogP contribution < -0.4 is 5.32 Å². The van der Waals surface area contributed by atoms with Crippen molar-refractivity contribution < 1.29 is 19.4 Å². The molecule has 3 atom stereocenters. The van der Waals surface area contributed by atoms with Crippen LogP contribution in [0.5, 0.6) is 0 Å². The normalized spacial score (nSPS) is 20.9. The van der Waals surface area contributed by atoms with Gasteiger partial charge in [-0.25, -0.2) is 4.79 Å². The number of benzene rings is 2. The van der Waals surface area contributed by atoms with Crippen molar-refractivity contribution in [2.75, 3.05) is 25.7 Å². The number of thioether (sulfide) groups is 1. The summed E-state index contributed by atoms with van der Waals surface area (Å²) in [5, 5.41) is 12.5. The van der Waals surface area contributed by atoms with Gasteiger partial charge in [-0.05, 0) is 84.9 Å². The SMILES string of the molecule is COC[C@@H]1CC[C@@H](CC2CCCCC2)N1Cc1ccc(C(=O)N[C@@H](CCSC)C(=O)O)c(-c2ccccc2C)c1. The van der Waals surface area contributed by atoms with Gasteiger partial charge in [0.15, 0.2) is 0 Å². The fourth-order valence-corrected chi connectivity index (χ4v) is 7.10. The summed E-state index contributed by atoms with van der Waals surface area (Å²) in [5.41, 5.74) is 4.62. The topological polar surface area (TPSA) is 78.9 Å². The van der Waals surface area contributed by atoms with Gasteiger partial charge in [0.2, 0.25) is 0 Å². The summed E-state index contributed by atoms with van der Waals surface area (Å²) in [6.45, 7) is 3.61. The molecule has 0 radical (unpaired) electrons. The Balaban J connectivity index is 1.62. The number of amides is 1. The lowest BCUT2D eigenvalue weighted by molar-refractivity contribution is -0.139. The Labute approximate surface area is 244 Å². The average molecular weight is 567 g/mol. The Hall–Kier alpha value is -2.35. The second-order valence-electron chi connectivity index (χ2n) is 11.6. The largest absolute Gasteiger partial charge is 0.480 e. The molecule has 218 valence electrons. The molecule has 0 unspecified atom stereocenters. The average Bonchev–Trinajstić information content (AvgIpc) is 3.32. The number of hydrogen-bond acceptors (Lipinski definition) is 5. The minimum absolute atomic E-state index is 0.341. The second kappa shape index (κ2) is 15.0. The Morgan fingerprint density at radius 2 is 1.80 bits per heavy atom. The van der Waals surface area contributed by atoms with Gasteiger partial charge in [-0.15, -0.1) is 0 Å². The second-order valence-corrected chi connectivity index (χ2v) is 12.6. The third kappa shape index (κ3) is 7.89. The highest BCUT2D eigenvalue weighted by atomic mass is 32.2. The van der Waals surface area contributed by atoms with Gasteiger partial charge in [0.05, 0.1) is 6.61 Å². The number of hydrogen-bond donors (Lipinski definition) is 2. The van der Waals surface area contributed by atoms with Gasteiger partial charge in [0, 0.05) is 31.3 Å². The van der Waals surface area contributed by atoms with Crippen LogP contribution in [-0.2, 0) is 16.1 Å². The predicted octanol–water partition coefficient (Wildman–Crippen LogP) is 6.55. The molecule has 7 heteroatoms. The van der Waals surface area contributed by atoms with Crippen molar-refractivity contribution in [1.82, 2.24) is 10.2 Å². The minimum atomic E-state index is -1.00. The van der Waals surface area contributed by atoms with E-state index in [0.717, 1.165) is 42.2 Å². The summed E-state index contributed by atoms with van der Waals surface area (Å²) in [4.78, 5) is 28.0. The molecule has 2 aromatic carbocycles. The number of rotatable bonds is 13. The van der Waals surface area contributed by atoms with Crippen LogP contribution >= 0.6 is 11.8 Å². The first-order valence-corrected chi connectivity index (χ1v) is 16.3. The van der Waals surface area contributed by atoms with Gasteiger partial charge >= 0.3 is 5.97 Å². The van der Waals surface area contributed by atoms with Gasteiger partial charge < -0.3 is 15.2 Å². The van der Waals surface area contributed by atoms with Crippen molar-refractivity contribution in [1.29, 1.82) is 0 Å². The number of methoxy groups -OCH3 is 1. The minimum Gasteiger partial charge on any atom is -0.480 e. The zero-order valence-electron chi connectivity index (χ0n) is 24.4. The molecule has 40 heavy (non-hydrogen) atoms. The van der Waals surface area contributed by atoms with E-state index in [1.807, 2.05) is 36.6 Å². The van der Waals surface area contributed by atoms with Crippen LogP contribution in [-0.4, -0.2) is 65.7 Å². The number of nitrogens with zero attached hydrogens (tertiary/aromatic N) is 1. The van der Waals surface area contributed by atoms with Crippen molar-refractivity contribution in [3.05, 3.63) is 59.2 Å². The fourth-order valence-electron chi connectivity index (χ4n) is 6.63. The van der Waals surface area contributed by atoms with Crippen molar-refractivity contribution in [2.24, 2.45) is 5.92 Å². The van der Waals surface area contributed by atoms with E-state index in [1.165, 1.54) is 50.5 Å². The molecule has 0 bridgehead atoms. The first-order chi connectivity index (χ1) is 19.4. The highest BCUT2D eigenvalue weighted by Gasteiger charge is 2.35. The lowest BCUT2D eigenvalue weighted by Crippen LogP contribution is -2.41. The molecule has 1 heterocycles. The number of carboxylic acids is 1. The lowest BCUT2D eigenvalue weighted by Gasteiger charge is -2.33. The van der Waals surface area contributed by atoms with E-state index in [4.69, 9.17) is 4.74 Å². The number of aryl methyl sites for hydroxylation is 1. The highest BCUT2D eigenvalue weighted by molar-refractivity contribution is 7.98. The van der Waals surface area contributed by atoms with Crippen LogP contribution in [0, 0.1) is 12.8 Å². The van der Waals surface area contributed by atoms with Crippen LogP contribution in [0.2, 0.25) is 0 Å². The maximum atomic E-state index is 13.5. The summed E-state index contributed by atoms with van der Waals surface area (Å²) in [5.74, 6) is 0.150. The van der Waals surface area contributed by atoms with E-state index in [-0.39, 0.29) is 5.91 Å². The molecule has 2 N–H and O–H groups in total. The number of carboxylic acid groups (broad SMARTS) is 1. The molecule has 0 spiro atoms. The summed E-state index contributed by atoms with van der Waals surface area (Å²) < 4.78 is 5.63. The Morgan fingerprint density at radius 3 is 2.50 bits per heavy atom. The molecule has 1 saturated heterocycles. The van der Waals surface area contributed by atoms with Crippen LogP contribution in [0.3, 0.4) is 0 Å². The van der Waals surface area contributed by atoms with Crippen molar-refractivity contribution >= 4 is 23.6 Å². The molecule has 1 aliphatic heterocycles. The standard InChI is InChI=1S/C33H46N2O4S/c1-23-9-7-8-12-28(23)30-20-25(13-16-29(30)32(36)34-31(33(37)38)17-18-40-3)21-35-26(14-15-27(35)22-39-2)19-24-10-5-4-6-11-24/h7-9,12-13,16,20,24,26-27,31H,4-6,10-11,14-15,17-19,21-22H2,1-3H3,(H,34,36)(H,37,38)/t26-,27-,31-/m0/s1. The molecule has 2 fully saturated rings. The number of carbonyl (C=O) groups is 2. The van der Waals surface area contributed by atoms with Crippen molar-refractivity contribution in [3.63, 3.8) is 0 Å². The molecule has 0 aromatic heterocycles. The van der Waals surface area contributed by atoms with Crippen molar-refractivity contribution in [2.45, 2.75) is 89.4 Å². The molecule has 1 aliphatic carbocycles. The zero-order valence-corrected chi connectivity index (χ0v) is 25.2. The molecular weight excluding hydrogens is 520 g/mol. The summed E-state index contributed by atoms with van der Waals surface area (Å²) in [6.07, 6.45) is 12.8. The van der Waals surface area contributed by atoms with E-state index in [2.05, 4.69) is 29.3 Å². The van der Waals surface area contributed by atoms with E-state index in [9.17, 15) is 14.7 Å². The monoisotopic (exact) mass is 566 g/mol. The molecule has 2 aromatic rings. The van der Waals surface area contributed by atoms with Crippen LogP contribution in [0.1, 0.15) is 79.3 Å². The van der Waals surface area contributed by atoms with E-state index in [1.54, 1.807) is 18.9 Å². The summed E-state index contributed by atoms with van der Waals surface area (Å²) in [6, 6.07) is 14.2. The van der Waals surface area contributed by atoms with Crippen molar-refractivity contribution in [3.8, 4) is 11.1 Å². The number of ether oxygens (including phenoxy) is 1. The maximum Gasteiger partial charge on any atom is 0.326 e. The first kappa shape index (κ1) is 30.6. The molecular formula is C33H46N2O4S. The molecule has 1 saturated carbocycles. The van der Waals surface area contributed by atoms with Crippen LogP contribution in [0.25, 0.3) is 11.1 Å². The highest BCUT2D eigenvalue weighted by Crippen LogP contribution is 2.36. The number of nitrogens with one attached hydrogen (secondary N) is 1. The van der Waals surface area contributed by atoms with Gasteiger partial charge in [-0.3, -0.25) is 9.69 Å². The number of likely N-dealkylation sites (tertiary alicyclic amines) is 1. The summed E-state index contributed by atoms with van der Waals surface area (Å²) in [7, 11) is 1.79. The number of carbonyl (C=O) groups excluding carboxylic acids is 1. The molecule has 4 rings (SSSR count). The van der Waals surface area contributed by atoms with E-state index >= 15 is 0 Å². The summed E-state index contributed by atoms with van der Waals surface area (Å²) >= 11 is 1.58. The van der Waals surface area contributed by atoms with Gasteiger partial charge in [0.1, 0.15) is 6.04 Å². The third-order valence-electron chi connectivity index (χ3n) is 8.80. The smallest absolute Gasteiger partial charge is 0.326 e. The number of aliphatic carboxylic acids is 1. The van der Waals surface area contributed by atoms with Gasteiger partial charge in [0.25, 0.3) is 5.91 Å². The maximum absolute atomic E-state index is 13.5. The first-order valence-electron chi connectivity index (χ1n) is 14.9. The zero-order chi connectivity index (χ0) is 28.5. The van der Waals surface area contributed by atoms with E-state index < -0.39 is 12.0 Å². The Morgan fingerprint density at radius 1 is 1.05 bits per heavy atom. The predicted molar refractivity (Wildman–Crippen MR) is 164 cm³/mol. The quantitative estimate of drug-likeness (QED) is 0.286. The van der Waals surface area contributed by atoms with Crippen LogP contribution in [0.15, 0.2) is 42.5 Å². The molecule has 1 amide bonds. The lowest BCUT2D eigenvalue weighted by atomic mass is 9.84. The molecule has 6 nitrogen and oxygen atoms in total. The fraction of sp³-hybridized carbons (Fsp3) is 0.576. The Bertz CT molecular complexity index is 1130. The van der Waals surface area contributed by atoms with Gasteiger partial charge in [-0.2, -0.15) is 11.8 Å².